The van der Waals surface area contributed by atoms with Gasteiger partial charge in [0.25, 0.3) is 0 Å². The molecule has 1 atom stereocenters. The van der Waals surface area contributed by atoms with E-state index in [0.717, 1.165) is 5.56 Å². The minimum atomic E-state index is -1.10. The second kappa shape index (κ2) is 6.29. The van der Waals surface area contributed by atoms with Gasteiger partial charge in [-0.1, -0.05) is 36.4 Å². The highest BCUT2D eigenvalue weighted by molar-refractivity contribution is 7.84. The predicted molar refractivity (Wildman–Crippen MR) is 74.3 cm³/mol. The molecule has 0 amide bonds. The maximum absolute atomic E-state index is 11.9. The van der Waals surface area contributed by atoms with Crippen molar-refractivity contribution in [2.75, 3.05) is 6.26 Å². The summed E-state index contributed by atoms with van der Waals surface area (Å²) in [6.45, 7) is 0.235. The van der Waals surface area contributed by atoms with E-state index in [1.54, 1.807) is 30.5 Å². The molecule has 0 spiro atoms. The molecule has 2 aromatic rings. The van der Waals surface area contributed by atoms with E-state index < -0.39 is 16.8 Å². The van der Waals surface area contributed by atoms with E-state index >= 15 is 0 Å². The molecule has 4 heteroatoms. The zero-order valence-electron chi connectivity index (χ0n) is 10.5. The Labute approximate surface area is 114 Å². The molecule has 0 N–H and O–H groups in total. The minimum absolute atomic E-state index is 0.235. The SMILES string of the molecule is CS(=O)c1cccc(C(=O)OCc2ccccc2)c1. The molecule has 2 aromatic carbocycles. The summed E-state index contributed by atoms with van der Waals surface area (Å²) in [5, 5.41) is 0. The Bertz CT molecular complexity index is 593. The topological polar surface area (TPSA) is 43.4 Å². The van der Waals surface area contributed by atoms with Gasteiger partial charge in [0.05, 0.1) is 5.56 Å². The second-order valence-corrected chi connectivity index (χ2v) is 5.42. The molecular formula is C15H14O3S. The van der Waals surface area contributed by atoms with Crippen molar-refractivity contribution >= 4 is 16.8 Å². The van der Waals surface area contributed by atoms with Gasteiger partial charge in [-0.3, -0.25) is 4.21 Å². The summed E-state index contributed by atoms with van der Waals surface area (Å²) < 4.78 is 16.6. The summed E-state index contributed by atoms with van der Waals surface area (Å²) in [4.78, 5) is 12.5. The molecule has 0 aliphatic rings. The van der Waals surface area contributed by atoms with E-state index in [1.807, 2.05) is 30.3 Å². The van der Waals surface area contributed by atoms with E-state index in [4.69, 9.17) is 4.74 Å². The summed E-state index contributed by atoms with van der Waals surface area (Å²) in [5.74, 6) is -0.406. The molecule has 19 heavy (non-hydrogen) atoms. The lowest BCUT2D eigenvalue weighted by Crippen LogP contribution is -2.05. The standard InChI is InChI=1S/C15H14O3S/c1-19(17)14-9-5-8-13(10-14)15(16)18-11-12-6-3-2-4-7-12/h2-10H,11H2,1H3. The van der Waals surface area contributed by atoms with Crippen LogP contribution in [0.2, 0.25) is 0 Å². The van der Waals surface area contributed by atoms with Crippen LogP contribution in [0.15, 0.2) is 59.5 Å². The molecule has 0 aliphatic heterocycles. The van der Waals surface area contributed by atoms with Gasteiger partial charge in [-0.05, 0) is 23.8 Å². The van der Waals surface area contributed by atoms with Gasteiger partial charge in [0.15, 0.2) is 0 Å². The number of carbonyl (C=O) groups excluding carboxylic acids is 1. The molecule has 1 unspecified atom stereocenters. The molecule has 0 radical (unpaired) electrons. The van der Waals surface area contributed by atoms with E-state index in [-0.39, 0.29) is 6.61 Å². The third kappa shape index (κ3) is 3.76. The van der Waals surface area contributed by atoms with Crippen LogP contribution in [0.5, 0.6) is 0 Å². The van der Waals surface area contributed by atoms with Crippen LogP contribution in [-0.4, -0.2) is 16.4 Å². The molecule has 0 bridgehead atoms. The van der Waals surface area contributed by atoms with Crippen LogP contribution in [-0.2, 0) is 22.1 Å². The first kappa shape index (κ1) is 13.5. The fourth-order valence-electron chi connectivity index (χ4n) is 1.61. The van der Waals surface area contributed by atoms with Crippen molar-refractivity contribution in [1.82, 2.24) is 0 Å². The molecular weight excluding hydrogens is 260 g/mol. The highest BCUT2D eigenvalue weighted by Crippen LogP contribution is 2.11. The maximum Gasteiger partial charge on any atom is 0.338 e. The van der Waals surface area contributed by atoms with Crippen LogP contribution < -0.4 is 0 Å². The summed E-state index contributed by atoms with van der Waals surface area (Å²) in [7, 11) is -1.10. The van der Waals surface area contributed by atoms with Crippen LogP contribution in [0.25, 0.3) is 0 Å². The Kier molecular flexibility index (Phi) is 4.47. The molecule has 0 aliphatic carbocycles. The fourth-order valence-corrected chi connectivity index (χ4v) is 2.17. The van der Waals surface area contributed by atoms with Crippen LogP contribution in [0.4, 0.5) is 0 Å². The molecule has 0 fully saturated rings. The number of ether oxygens (including phenoxy) is 1. The summed E-state index contributed by atoms with van der Waals surface area (Å²) in [6.07, 6.45) is 1.58. The predicted octanol–water partition coefficient (Wildman–Crippen LogP) is 2.78. The number of benzene rings is 2. The highest BCUT2D eigenvalue weighted by atomic mass is 32.2. The van der Waals surface area contributed by atoms with Crippen molar-refractivity contribution < 1.29 is 13.7 Å². The Morgan fingerprint density at radius 1 is 1.11 bits per heavy atom. The van der Waals surface area contributed by atoms with Gasteiger partial charge >= 0.3 is 5.97 Å². The van der Waals surface area contributed by atoms with Crippen molar-refractivity contribution in [2.45, 2.75) is 11.5 Å². The number of esters is 1. The van der Waals surface area contributed by atoms with Gasteiger partial charge in [-0.15, -0.1) is 0 Å². The van der Waals surface area contributed by atoms with Gasteiger partial charge < -0.3 is 4.74 Å². The average Bonchev–Trinajstić information content (AvgIpc) is 2.46. The lowest BCUT2D eigenvalue weighted by atomic mass is 10.2. The molecule has 0 heterocycles. The second-order valence-electron chi connectivity index (χ2n) is 4.04. The Morgan fingerprint density at radius 2 is 1.84 bits per heavy atom. The maximum atomic E-state index is 11.9. The lowest BCUT2D eigenvalue weighted by molar-refractivity contribution is 0.0472. The zero-order chi connectivity index (χ0) is 13.7. The summed E-state index contributed by atoms with van der Waals surface area (Å²) in [5.41, 5.74) is 1.36. The van der Waals surface area contributed by atoms with E-state index in [1.165, 1.54) is 0 Å². The van der Waals surface area contributed by atoms with Gasteiger partial charge in [-0.2, -0.15) is 0 Å². The number of hydrogen-bond acceptors (Lipinski definition) is 3. The van der Waals surface area contributed by atoms with Gasteiger partial charge in [0.2, 0.25) is 0 Å². The number of carbonyl (C=O) groups is 1. The monoisotopic (exact) mass is 274 g/mol. The van der Waals surface area contributed by atoms with Crippen LogP contribution in [0.1, 0.15) is 15.9 Å². The Hall–Kier alpha value is -1.94. The molecule has 3 nitrogen and oxygen atoms in total. The van der Waals surface area contributed by atoms with Crippen LogP contribution >= 0.6 is 0 Å². The molecule has 2 rings (SSSR count). The van der Waals surface area contributed by atoms with Gasteiger partial charge in [0, 0.05) is 22.0 Å². The zero-order valence-corrected chi connectivity index (χ0v) is 11.4. The molecule has 98 valence electrons. The normalized spacial score (nSPS) is 11.8. The first-order valence-corrected chi connectivity index (χ1v) is 7.37. The minimum Gasteiger partial charge on any atom is -0.457 e. The largest absolute Gasteiger partial charge is 0.457 e. The quantitative estimate of drug-likeness (QED) is 0.805. The molecule has 0 saturated carbocycles. The van der Waals surface area contributed by atoms with Crippen LogP contribution in [0, 0.1) is 0 Å². The third-order valence-electron chi connectivity index (χ3n) is 2.61. The average molecular weight is 274 g/mol. The van der Waals surface area contributed by atoms with Crippen molar-refractivity contribution in [3.05, 3.63) is 65.7 Å². The summed E-state index contributed by atoms with van der Waals surface area (Å²) >= 11 is 0. The smallest absolute Gasteiger partial charge is 0.338 e. The fraction of sp³-hybridized carbons (Fsp3) is 0.133. The molecule has 0 aromatic heterocycles. The van der Waals surface area contributed by atoms with E-state index in [2.05, 4.69) is 0 Å². The van der Waals surface area contributed by atoms with Gasteiger partial charge in [-0.25, -0.2) is 4.79 Å². The first-order valence-electron chi connectivity index (χ1n) is 5.81. The van der Waals surface area contributed by atoms with E-state index in [0.29, 0.717) is 10.5 Å². The first-order chi connectivity index (χ1) is 9.16. The van der Waals surface area contributed by atoms with Crippen molar-refractivity contribution in [1.29, 1.82) is 0 Å². The van der Waals surface area contributed by atoms with Crippen molar-refractivity contribution in [2.24, 2.45) is 0 Å². The Balaban J connectivity index is 2.04. The number of hydrogen-bond donors (Lipinski definition) is 0. The summed E-state index contributed by atoms with van der Waals surface area (Å²) in [6, 6.07) is 16.2. The van der Waals surface area contributed by atoms with Gasteiger partial charge in [0.1, 0.15) is 6.61 Å². The third-order valence-corrected chi connectivity index (χ3v) is 3.53. The van der Waals surface area contributed by atoms with E-state index in [9.17, 15) is 9.00 Å². The number of rotatable bonds is 4. The van der Waals surface area contributed by atoms with Crippen LogP contribution in [0.3, 0.4) is 0 Å². The molecule has 0 saturated heterocycles. The Morgan fingerprint density at radius 3 is 2.53 bits per heavy atom. The van der Waals surface area contributed by atoms with Crippen molar-refractivity contribution in [3.8, 4) is 0 Å². The van der Waals surface area contributed by atoms with Crippen molar-refractivity contribution in [3.63, 3.8) is 0 Å². The lowest BCUT2D eigenvalue weighted by Gasteiger charge is -2.05. The highest BCUT2D eigenvalue weighted by Gasteiger charge is 2.09.